The third kappa shape index (κ3) is 5.38. The largest absolute Gasteiger partial charge is 0.240 e. The Morgan fingerprint density at radius 2 is 1.72 bits per heavy atom. The summed E-state index contributed by atoms with van der Waals surface area (Å²) >= 11 is 5.72. The minimum absolute atomic E-state index is 0.228. The van der Waals surface area contributed by atoms with E-state index in [1.165, 1.54) is 12.1 Å². The van der Waals surface area contributed by atoms with Gasteiger partial charge in [0.15, 0.2) is 0 Å². The number of benzene rings is 1. The molecule has 5 heteroatoms. The lowest BCUT2D eigenvalue weighted by molar-refractivity contribution is 0.365. The Labute approximate surface area is 115 Å². The lowest BCUT2D eigenvalue weighted by Gasteiger charge is -2.17. The van der Waals surface area contributed by atoms with Gasteiger partial charge in [0.2, 0.25) is 10.0 Å². The van der Waals surface area contributed by atoms with Gasteiger partial charge in [-0.3, -0.25) is 0 Å². The molecule has 1 rings (SSSR count). The first-order valence-electron chi connectivity index (χ1n) is 5.96. The van der Waals surface area contributed by atoms with Crippen LogP contribution in [0.2, 0.25) is 5.02 Å². The number of hydrogen-bond acceptors (Lipinski definition) is 2. The first-order valence-corrected chi connectivity index (χ1v) is 7.82. The van der Waals surface area contributed by atoms with Crippen LogP contribution in [0, 0.1) is 5.41 Å². The summed E-state index contributed by atoms with van der Waals surface area (Å²) in [4.78, 5) is 0.252. The maximum atomic E-state index is 11.9. The van der Waals surface area contributed by atoms with Gasteiger partial charge in [-0.05, 0) is 42.5 Å². The summed E-state index contributed by atoms with van der Waals surface area (Å²) in [6.45, 7) is 6.88. The Balaban J connectivity index is 2.53. The average molecular weight is 290 g/mol. The lowest BCUT2D eigenvalue weighted by atomic mass is 9.91. The van der Waals surface area contributed by atoms with Gasteiger partial charge in [-0.2, -0.15) is 0 Å². The second-order valence-electron chi connectivity index (χ2n) is 5.52. The second-order valence-corrected chi connectivity index (χ2v) is 7.72. The van der Waals surface area contributed by atoms with Crippen LogP contribution in [0.3, 0.4) is 0 Å². The molecule has 0 radical (unpaired) electrons. The summed E-state index contributed by atoms with van der Waals surface area (Å²) in [6.07, 6.45) is 1.81. The highest BCUT2D eigenvalue weighted by Crippen LogP contribution is 2.20. The molecule has 0 bridgehead atoms. The van der Waals surface area contributed by atoms with Crippen LogP contribution in [-0.2, 0) is 10.0 Å². The van der Waals surface area contributed by atoms with Crippen molar-refractivity contribution in [1.82, 2.24) is 4.72 Å². The molecule has 1 aromatic rings. The zero-order chi connectivity index (χ0) is 13.8. The number of halogens is 1. The van der Waals surface area contributed by atoms with Gasteiger partial charge in [-0.15, -0.1) is 0 Å². The van der Waals surface area contributed by atoms with Gasteiger partial charge in [0.1, 0.15) is 0 Å². The molecule has 0 aliphatic heterocycles. The van der Waals surface area contributed by atoms with E-state index in [4.69, 9.17) is 11.6 Å². The summed E-state index contributed by atoms with van der Waals surface area (Å²) in [6, 6.07) is 6.17. The van der Waals surface area contributed by atoms with Crippen LogP contribution in [0.25, 0.3) is 0 Å². The van der Waals surface area contributed by atoms with Crippen molar-refractivity contribution in [3.63, 3.8) is 0 Å². The van der Waals surface area contributed by atoms with Gasteiger partial charge in [0.25, 0.3) is 0 Å². The van der Waals surface area contributed by atoms with E-state index in [0.717, 1.165) is 12.8 Å². The SMILES string of the molecule is CC(C)(C)CCCNS(=O)(=O)c1ccc(Cl)cc1. The molecule has 0 amide bonds. The molecule has 0 atom stereocenters. The van der Waals surface area contributed by atoms with Crippen molar-refractivity contribution in [3.8, 4) is 0 Å². The number of nitrogens with one attached hydrogen (secondary N) is 1. The highest BCUT2D eigenvalue weighted by Gasteiger charge is 2.14. The van der Waals surface area contributed by atoms with Crippen LogP contribution in [-0.4, -0.2) is 15.0 Å². The molecule has 1 N–H and O–H groups in total. The molecule has 0 unspecified atom stereocenters. The Morgan fingerprint density at radius 1 is 1.17 bits per heavy atom. The van der Waals surface area contributed by atoms with Crippen LogP contribution in [0.15, 0.2) is 29.2 Å². The standard InChI is InChI=1S/C13H20ClNO2S/c1-13(2,3)9-4-10-15-18(16,17)12-7-5-11(14)6-8-12/h5-8,15H,4,9-10H2,1-3H3. The van der Waals surface area contributed by atoms with E-state index in [1.54, 1.807) is 12.1 Å². The predicted octanol–water partition coefficient (Wildman–Crippen LogP) is 3.44. The molecule has 1 aromatic carbocycles. The van der Waals surface area contributed by atoms with E-state index in [0.29, 0.717) is 11.6 Å². The van der Waals surface area contributed by atoms with Crippen molar-refractivity contribution in [3.05, 3.63) is 29.3 Å². The lowest BCUT2D eigenvalue weighted by Crippen LogP contribution is -2.25. The maximum absolute atomic E-state index is 11.9. The normalized spacial score (nSPS) is 12.7. The molecule has 102 valence electrons. The summed E-state index contributed by atoms with van der Waals surface area (Å²) in [5, 5.41) is 0.529. The van der Waals surface area contributed by atoms with Crippen LogP contribution >= 0.6 is 11.6 Å². The zero-order valence-corrected chi connectivity index (χ0v) is 12.6. The van der Waals surface area contributed by atoms with Gasteiger partial charge >= 0.3 is 0 Å². The van der Waals surface area contributed by atoms with Gasteiger partial charge in [-0.1, -0.05) is 32.4 Å². The molecule has 0 heterocycles. The second kappa shape index (κ2) is 6.04. The van der Waals surface area contributed by atoms with Crippen molar-refractivity contribution in [1.29, 1.82) is 0 Å². The predicted molar refractivity (Wildman–Crippen MR) is 75.3 cm³/mol. The van der Waals surface area contributed by atoms with Crippen molar-refractivity contribution in [2.75, 3.05) is 6.54 Å². The van der Waals surface area contributed by atoms with Gasteiger partial charge in [-0.25, -0.2) is 13.1 Å². The third-order valence-corrected chi connectivity index (χ3v) is 4.25. The highest BCUT2D eigenvalue weighted by molar-refractivity contribution is 7.89. The molecule has 0 fully saturated rings. The van der Waals surface area contributed by atoms with E-state index in [-0.39, 0.29) is 10.3 Å². The van der Waals surface area contributed by atoms with Gasteiger partial charge in [0.05, 0.1) is 4.90 Å². The van der Waals surface area contributed by atoms with E-state index < -0.39 is 10.0 Å². The number of sulfonamides is 1. The molecule has 0 saturated heterocycles. The van der Waals surface area contributed by atoms with Crippen LogP contribution in [0.5, 0.6) is 0 Å². The maximum Gasteiger partial charge on any atom is 0.240 e. The highest BCUT2D eigenvalue weighted by atomic mass is 35.5. The quantitative estimate of drug-likeness (QED) is 0.844. The summed E-state index contributed by atoms with van der Waals surface area (Å²) in [5.74, 6) is 0. The Hall–Kier alpha value is -0.580. The molecule has 0 saturated carbocycles. The van der Waals surface area contributed by atoms with E-state index in [9.17, 15) is 8.42 Å². The summed E-state index contributed by atoms with van der Waals surface area (Å²) < 4.78 is 26.4. The molecule has 0 aliphatic carbocycles. The Morgan fingerprint density at radius 3 is 2.22 bits per heavy atom. The average Bonchev–Trinajstić information content (AvgIpc) is 2.24. The Kier molecular flexibility index (Phi) is 5.20. The fourth-order valence-electron chi connectivity index (χ4n) is 1.52. The van der Waals surface area contributed by atoms with Gasteiger partial charge < -0.3 is 0 Å². The van der Waals surface area contributed by atoms with E-state index in [1.807, 2.05) is 0 Å². The van der Waals surface area contributed by atoms with E-state index in [2.05, 4.69) is 25.5 Å². The molecule has 0 aliphatic rings. The molecule has 18 heavy (non-hydrogen) atoms. The smallest absolute Gasteiger partial charge is 0.211 e. The number of hydrogen-bond donors (Lipinski definition) is 1. The summed E-state index contributed by atoms with van der Waals surface area (Å²) in [5.41, 5.74) is 0.228. The van der Waals surface area contributed by atoms with Crippen LogP contribution in [0.1, 0.15) is 33.6 Å². The molecule has 0 aromatic heterocycles. The van der Waals surface area contributed by atoms with Crippen LogP contribution in [0.4, 0.5) is 0 Å². The number of rotatable bonds is 5. The fraction of sp³-hybridized carbons (Fsp3) is 0.538. The van der Waals surface area contributed by atoms with Crippen molar-refractivity contribution >= 4 is 21.6 Å². The summed E-state index contributed by atoms with van der Waals surface area (Å²) in [7, 11) is -3.40. The molecule has 3 nitrogen and oxygen atoms in total. The van der Waals surface area contributed by atoms with Crippen molar-refractivity contribution in [2.24, 2.45) is 5.41 Å². The zero-order valence-electron chi connectivity index (χ0n) is 11.0. The van der Waals surface area contributed by atoms with Gasteiger partial charge in [0, 0.05) is 11.6 Å². The van der Waals surface area contributed by atoms with Crippen molar-refractivity contribution in [2.45, 2.75) is 38.5 Å². The van der Waals surface area contributed by atoms with Crippen molar-refractivity contribution < 1.29 is 8.42 Å². The minimum atomic E-state index is -3.40. The topological polar surface area (TPSA) is 46.2 Å². The monoisotopic (exact) mass is 289 g/mol. The fourth-order valence-corrected chi connectivity index (χ4v) is 2.72. The van der Waals surface area contributed by atoms with Crippen LogP contribution < -0.4 is 4.72 Å². The molecular formula is C13H20ClNO2S. The molecular weight excluding hydrogens is 270 g/mol. The first-order chi connectivity index (χ1) is 8.21. The Bertz CT molecular complexity index is 475. The molecule has 0 spiro atoms. The third-order valence-electron chi connectivity index (χ3n) is 2.52. The minimum Gasteiger partial charge on any atom is -0.211 e. The van der Waals surface area contributed by atoms with E-state index >= 15 is 0 Å². The first kappa shape index (κ1) is 15.5.